The molecule has 0 amide bonds. The summed E-state index contributed by atoms with van der Waals surface area (Å²) in [6, 6.07) is 12.4. The molecule has 0 spiro atoms. The van der Waals surface area contributed by atoms with Crippen LogP contribution in [0.15, 0.2) is 40.8 Å². The van der Waals surface area contributed by atoms with E-state index in [0.717, 1.165) is 11.5 Å². The second-order valence-corrected chi connectivity index (χ2v) is 3.82. The van der Waals surface area contributed by atoms with Gasteiger partial charge in [0.25, 0.3) is 0 Å². The van der Waals surface area contributed by atoms with Crippen molar-refractivity contribution in [1.29, 1.82) is 0 Å². The molecule has 0 saturated carbocycles. The predicted octanol–water partition coefficient (Wildman–Crippen LogP) is 0.554. The number of fused-ring (bicyclic) bond motifs is 1. The van der Waals surface area contributed by atoms with Crippen molar-refractivity contribution in [2.45, 2.75) is 12.8 Å². The molecule has 16 heavy (non-hydrogen) atoms. The van der Waals surface area contributed by atoms with Gasteiger partial charge in [-0.15, -0.1) is 11.6 Å². The quantitative estimate of drug-likeness (QED) is 0.486. The normalized spacial score (nSPS) is 16.9. The van der Waals surface area contributed by atoms with Crippen LogP contribution in [0, 0.1) is 13.0 Å². The van der Waals surface area contributed by atoms with Gasteiger partial charge in [-0.1, -0.05) is 18.2 Å². The average Bonchev–Trinajstić information content (AvgIpc) is 2.83. The molecule has 0 fully saturated rings. The first-order valence-electron chi connectivity index (χ1n) is 5.09. The second-order valence-electron chi connectivity index (χ2n) is 3.82. The molecular formula is C14H11LiO. The van der Waals surface area contributed by atoms with Crippen molar-refractivity contribution in [1.82, 2.24) is 0 Å². The number of hydrogen-bond donors (Lipinski definition) is 0. The third-order valence-electron chi connectivity index (χ3n) is 2.76. The molecule has 1 aromatic carbocycles. The van der Waals surface area contributed by atoms with Gasteiger partial charge in [0.15, 0.2) is 0 Å². The van der Waals surface area contributed by atoms with Crippen LogP contribution in [0.2, 0.25) is 0 Å². The fourth-order valence-corrected chi connectivity index (χ4v) is 2.01. The summed E-state index contributed by atoms with van der Waals surface area (Å²) in [4.78, 5) is 0. The van der Waals surface area contributed by atoms with Gasteiger partial charge in [0.2, 0.25) is 0 Å². The van der Waals surface area contributed by atoms with Crippen LogP contribution in [-0.2, 0) is 0 Å². The molecule has 0 N–H and O–H groups in total. The van der Waals surface area contributed by atoms with E-state index >= 15 is 0 Å². The van der Waals surface area contributed by atoms with Gasteiger partial charge in [-0.25, -0.2) is 6.08 Å². The Balaban J connectivity index is 0.000000963. The van der Waals surface area contributed by atoms with E-state index in [1.54, 1.807) is 0 Å². The zero-order valence-corrected chi connectivity index (χ0v) is 9.53. The summed E-state index contributed by atoms with van der Waals surface area (Å²) in [6.45, 7) is 1.97. The Kier molecular flexibility index (Phi) is 3.10. The van der Waals surface area contributed by atoms with Crippen molar-refractivity contribution in [3.8, 4) is 0 Å². The van der Waals surface area contributed by atoms with E-state index in [1.807, 2.05) is 31.2 Å². The number of benzene rings is 1. The van der Waals surface area contributed by atoms with Crippen LogP contribution in [0.5, 0.6) is 0 Å². The second kappa shape index (κ2) is 4.37. The topological polar surface area (TPSA) is 13.1 Å². The Bertz CT molecular complexity index is 525. The molecule has 1 aliphatic rings. The summed E-state index contributed by atoms with van der Waals surface area (Å²) < 4.78 is 5.64. The van der Waals surface area contributed by atoms with Crippen LogP contribution in [-0.4, -0.2) is 0 Å². The Morgan fingerprint density at radius 2 is 1.94 bits per heavy atom. The maximum atomic E-state index is 5.64. The fourth-order valence-electron chi connectivity index (χ4n) is 2.01. The van der Waals surface area contributed by atoms with Crippen molar-refractivity contribution in [3.63, 3.8) is 0 Å². The Labute approximate surface area is 107 Å². The molecule has 1 nitrogen and oxygen atoms in total. The molecule has 1 atom stereocenters. The maximum absolute atomic E-state index is 5.64. The summed E-state index contributed by atoms with van der Waals surface area (Å²) in [5, 5.41) is 0. The van der Waals surface area contributed by atoms with Crippen molar-refractivity contribution in [3.05, 3.63) is 65.1 Å². The predicted molar refractivity (Wildman–Crippen MR) is 59.4 cm³/mol. The number of hydrogen-bond acceptors (Lipinski definition) is 1. The molecule has 0 saturated heterocycles. The van der Waals surface area contributed by atoms with Crippen LogP contribution in [0.3, 0.4) is 0 Å². The molecule has 3 rings (SSSR count). The minimum Gasteiger partial charge on any atom is -0.467 e. The molecule has 1 unspecified atom stereocenters. The molecule has 1 aliphatic carbocycles. The van der Waals surface area contributed by atoms with Gasteiger partial charge in [-0.3, -0.25) is 6.08 Å². The summed E-state index contributed by atoms with van der Waals surface area (Å²) >= 11 is 0. The minimum absolute atomic E-state index is 0. The standard InChI is InChI=1S/C14H11O.Li/c1-10-6-9-14(15-10)13-8-7-11-4-2-3-5-12(11)13;/h2-7,9,13H,1H3;/q-1;+1. The van der Waals surface area contributed by atoms with Gasteiger partial charge in [0, 0.05) is 0 Å². The van der Waals surface area contributed by atoms with Crippen molar-refractivity contribution < 1.29 is 23.3 Å². The molecule has 1 aromatic heterocycles. The fraction of sp³-hybridized carbons (Fsp3) is 0.143. The van der Waals surface area contributed by atoms with Gasteiger partial charge < -0.3 is 4.42 Å². The van der Waals surface area contributed by atoms with Gasteiger partial charge >= 0.3 is 18.9 Å². The smallest absolute Gasteiger partial charge is 0.467 e. The van der Waals surface area contributed by atoms with Crippen LogP contribution in [0.25, 0.3) is 6.08 Å². The monoisotopic (exact) mass is 202 g/mol. The zero-order chi connectivity index (χ0) is 10.3. The average molecular weight is 202 g/mol. The van der Waals surface area contributed by atoms with Crippen molar-refractivity contribution in [2.75, 3.05) is 0 Å². The van der Waals surface area contributed by atoms with Crippen LogP contribution in [0.1, 0.15) is 28.6 Å². The molecule has 0 bridgehead atoms. The van der Waals surface area contributed by atoms with E-state index in [2.05, 4.69) is 24.3 Å². The summed E-state index contributed by atoms with van der Waals surface area (Å²) in [6.07, 6.45) is 5.37. The molecule has 2 aromatic rings. The van der Waals surface area contributed by atoms with Crippen LogP contribution in [0.4, 0.5) is 0 Å². The Hall–Kier alpha value is -1.16. The SMILES string of the molecule is Cc1ccc(C2[C-]=Cc3ccccc32)o1.[Li+]. The Morgan fingerprint density at radius 1 is 1.12 bits per heavy atom. The summed E-state index contributed by atoms with van der Waals surface area (Å²) in [5.74, 6) is 2.11. The first-order valence-corrected chi connectivity index (χ1v) is 5.09. The maximum Gasteiger partial charge on any atom is 1.00 e. The van der Waals surface area contributed by atoms with Crippen LogP contribution < -0.4 is 18.9 Å². The largest absolute Gasteiger partial charge is 1.00 e. The van der Waals surface area contributed by atoms with E-state index in [0.29, 0.717) is 0 Å². The first kappa shape index (κ1) is 11.3. The molecule has 2 heteroatoms. The molecule has 0 aliphatic heterocycles. The number of allylic oxidation sites excluding steroid dienone is 1. The molecule has 74 valence electrons. The van der Waals surface area contributed by atoms with Gasteiger partial charge in [0.1, 0.15) is 5.76 Å². The van der Waals surface area contributed by atoms with E-state index in [4.69, 9.17) is 4.42 Å². The van der Waals surface area contributed by atoms with Gasteiger partial charge in [-0.05, 0) is 25.0 Å². The summed E-state index contributed by atoms with van der Waals surface area (Å²) in [7, 11) is 0. The van der Waals surface area contributed by atoms with Crippen molar-refractivity contribution >= 4 is 6.08 Å². The molecular weight excluding hydrogens is 191 g/mol. The third-order valence-corrected chi connectivity index (χ3v) is 2.76. The number of furan rings is 1. The molecule has 1 heterocycles. The third kappa shape index (κ3) is 1.77. The van der Waals surface area contributed by atoms with E-state index < -0.39 is 0 Å². The Morgan fingerprint density at radius 3 is 2.69 bits per heavy atom. The molecule has 0 radical (unpaired) electrons. The van der Waals surface area contributed by atoms with E-state index in [9.17, 15) is 0 Å². The number of rotatable bonds is 1. The first-order chi connectivity index (χ1) is 7.34. The van der Waals surface area contributed by atoms with E-state index in [1.165, 1.54) is 11.1 Å². The minimum atomic E-state index is 0. The van der Waals surface area contributed by atoms with Gasteiger partial charge in [-0.2, -0.15) is 5.56 Å². The summed E-state index contributed by atoms with van der Waals surface area (Å²) in [5.41, 5.74) is 2.53. The number of aryl methyl sites for hydroxylation is 1. The van der Waals surface area contributed by atoms with Crippen LogP contribution >= 0.6 is 0 Å². The zero-order valence-electron chi connectivity index (χ0n) is 9.53. The van der Waals surface area contributed by atoms with Crippen molar-refractivity contribution in [2.24, 2.45) is 0 Å². The van der Waals surface area contributed by atoms with E-state index in [-0.39, 0.29) is 24.8 Å². The van der Waals surface area contributed by atoms with Gasteiger partial charge in [0.05, 0.1) is 5.76 Å².